The van der Waals surface area contributed by atoms with Gasteiger partial charge in [0.1, 0.15) is 0 Å². The van der Waals surface area contributed by atoms with Crippen LogP contribution >= 0.6 is 0 Å². The highest BCUT2D eigenvalue weighted by molar-refractivity contribution is 6.85. The summed E-state index contributed by atoms with van der Waals surface area (Å²) in [5.74, 6) is -2.28. The number of fused-ring (bicyclic) bond motifs is 1. The first-order chi connectivity index (χ1) is 14.5. The average molecular weight is 520 g/mol. The molecule has 1 aromatic rings. The fourth-order valence-corrected chi connectivity index (χ4v) is 6.11. The molecule has 0 saturated carbocycles. The average Bonchev–Trinajstić information content (AvgIpc) is 2.85. The molecule has 1 aliphatic rings. The lowest BCUT2D eigenvalue weighted by Gasteiger charge is -2.38. The second kappa shape index (κ2) is 7.38. The van der Waals surface area contributed by atoms with E-state index in [2.05, 4.69) is 15.7 Å². The van der Waals surface area contributed by atoms with Gasteiger partial charge in [-0.15, -0.1) is 0 Å². The van der Waals surface area contributed by atoms with Crippen LogP contribution in [0.4, 0.5) is 52.7 Å². The van der Waals surface area contributed by atoms with Crippen molar-refractivity contribution in [2.24, 2.45) is 0 Å². The lowest BCUT2D eigenvalue weighted by molar-refractivity contribution is -0.376. The van der Waals surface area contributed by atoms with E-state index in [1.54, 1.807) is 0 Å². The predicted molar refractivity (Wildman–Crippen MR) is 88.5 cm³/mol. The van der Waals surface area contributed by atoms with Crippen LogP contribution in [0.5, 0.6) is 0 Å². The minimum Gasteiger partial charge on any atom is -0.431 e. The zero-order chi connectivity index (χ0) is 26.1. The fraction of sp³-hybridized carbons (Fsp3) is 0.471. The van der Waals surface area contributed by atoms with Crippen LogP contribution in [0.2, 0.25) is 13.1 Å². The molecule has 0 radical (unpaired) electrons. The summed E-state index contributed by atoms with van der Waals surface area (Å²) >= 11 is 0. The van der Waals surface area contributed by atoms with E-state index in [0.717, 1.165) is 13.1 Å². The number of carbonyl (C=O) groups excluding carboxylic acids is 1. The summed E-state index contributed by atoms with van der Waals surface area (Å²) in [6.07, 6.45) is -25.8. The molecule has 1 heterocycles. The molecule has 0 aromatic heterocycles. The minimum absolute atomic E-state index is 0.00286. The summed E-state index contributed by atoms with van der Waals surface area (Å²) in [5, 5.41) is -0.839. The summed E-state index contributed by atoms with van der Waals surface area (Å²) in [7, 11) is -4.15. The summed E-state index contributed by atoms with van der Waals surface area (Å²) < 4.78 is 173. The Labute approximate surface area is 178 Å². The van der Waals surface area contributed by atoms with Crippen molar-refractivity contribution in [1.29, 1.82) is 0 Å². The number of halogens is 12. The number of esters is 1. The van der Waals surface area contributed by atoms with Crippen molar-refractivity contribution in [3.05, 3.63) is 42.0 Å². The van der Waals surface area contributed by atoms with Gasteiger partial charge in [0.2, 0.25) is 8.32 Å². The van der Waals surface area contributed by atoms with Gasteiger partial charge >= 0.3 is 36.3 Å². The summed E-state index contributed by atoms with van der Waals surface area (Å²) in [6, 6.07) is -0.323. The predicted octanol–water partition coefficient (Wildman–Crippen LogP) is 5.50. The number of rotatable bonds is 3. The molecular formula is C17H12F12O3Si. The summed E-state index contributed by atoms with van der Waals surface area (Å²) in [5.41, 5.74) is -15.0. The van der Waals surface area contributed by atoms with Crippen LogP contribution in [0.3, 0.4) is 0 Å². The molecule has 0 spiro atoms. The van der Waals surface area contributed by atoms with E-state index < -0.39 is 72.6 Å². The minimum atomic E-state index is -6.55. The smallest absolute Gasteiger partial charge is 0.431 e. The largest absolute Gasteiger partial charge is 0.442 e. The van der Waals surface area contributed by atoms with Gasteiger partial charge in [0.15, 0.2) is 0 Å². The molecule has 0 saturated heterocycles. The Hall–Kier alpha value is -2.23. The van der Waals surface area contributed by atoms with Crippen molar-refractivity contribution in [3.63, 3.8) is 0 Å². The van der Waals surface area contributed by atoms with Crippen molar-refractivity contribution in [2.45, 2.75) is 49.0 Å². The van der Waals surface area contributed by atoms with Crippen LogP contribution < -0.4 is 5.19 Å². The molecule has 2 rings (SSSR count). The number of hydrogen-bond donors (Lipinski definition) is 0. The molecule has 0 fully saturated rings. The quantitative estimate of drug-likeness (QED) is 0.229. The van der Waals surface area contributed by atoms with Gasteiger partial charge in [-0.1, -0.05) is 18.7 Å². The molecule has 0 unspecified atom stereocenters. The second-order valence-electron chi connectivity index (χ2n) is 7.35. The Balaban J connectivity index is 3.06. The zero-order valence-electron chi connectivity index (χ0n) is 16.3. The van der Waals surface area contributed by atoms with Gasteiger partial charge in [0.05, 0.1) is 0 Å². The summed E-state index contributed by atoms with van der Waals surface area (Å²) in [4.78, 5) is 11.4. The van der Waals surface area contributed by atoms with E-state index in [1.807, 2.05) is 0 Å². The van der Waals surface area contributed by atoms with E-state index in [0.29, 0.717) is 0 Å². The molecule has 16 heteroatoms. The Bertz CT molecular complexity index is 928. The maximum Gasteiger partial charge on any atom is 0.442 e. The molecular weight excluding hydrogens is 508 g/mol. The van der Waals surface area contributed by atoms with Crippen molar-refractivity contribution in [1.82, 2.24) is 0 Å². The monoisotopic (exact) mass is 520 g/mol. The van der Waals surface area contributed by atoms with Gasteiger partial charge in [-0.25, -0.2) is 4.79 Å². The molecule has 33 heavy (non-hydrogen) atoms. The number of carbonyl (C=O) groups is 1. The number of ether oxygens (including phenoxy) is 1. The lowest BCUT2D eigenvalue weighted by Crippen LogP contribution is -2.57. The van der Waals surface area contributed by atoms with E-state index in [1.165, 1.54) is 0 Å². The molecule has 0 N–H and O–H groups in total. The number of alkyl halides is 12. The van der Waals surface area contributed by atoms with E-state index >= 15 is 0 Å². The molecule has 0 bridgehead atoms. The first kappa shape index (κ1) is 27.0. The Kier molecular flexibility index (Phi) is 6.04. The van der Waals surface area contributed by atoms with Gasteiger partial charge in [-0.05, 0) is 24.3 Å². The van der Waals surface area contributed by atoms with E-state index in [-0.39, 0.29) is 18.2 Å². The third-order valence-corrected chi connectivity index (χ3v) is 7.43. The van der Waals surface area contributed by atoms with Crippen molar-refractivity contribution >= 4 is 19.5 Å². The highest BCUT2D eigenvalue weighted by Crippen LogP contribution is 2.59. The van der Waals surface area contributed by atoms with Crippen molar-refractivity contribution in [3.8, 4) is 0 Å². The van der Waals surface area contributed by atoms with Gasteiger partial charge in [0, 0.05) is 17.2 Å². The van der Waals surface area contributed by atoms with Gasteiger partial charge in [-0.2, -0.15) is 52.7 Å². The maximum atomic E-state index is 13.7. The highest BCUT2D eigenvalue weighted by Gasteiger charge is 2.79. The maximum absolute atomic E-state index is 13.7. The molecule has 0 atom stereocenters. The Morgan fingerprint density at radius 3 is 1.76 bits per heavy atom. The van der Waals surface area contributed by atoms with Crippen molar-refractivity contribution in [2.75, 3.05) is 0 Å². The van der Waals surface area contributed by atoms with Crippen LogP contribution in [0, 0.1) is 0 Å². The Morgan fingerprint density at radius 2 is 1.39 bits per heavy atom. The number of hydrogen-bond acceptors (Lipinski definition) is 3. The topological polar surface area (TPSA) is 35.5 Å². The van der Waals surface area contributed by atoms with Crippen LogP contribution in [0.25, 0.3) is 0 Å². The molecule has 186 valence electrons. The van der Waals surface area contributed by atoms with Crippen LogP contribution in [-0.2, 0) is 25.2 Å². The standard InChI is InChI=1S/C17H12F12O3Si/c1-4-11(30)31-12(14(18,19)20,15(21,22)23)8-5-6-10-9(7-8)13(16(24,25)26,17(27,28)29)32-33(10,2)3/h4-7H,1H2,2-3H3. The molecule has 3 nitrogen and oxygen atoms in total. The first-order valence-electron chi connectivity index (χ1n) is 8.47. The van der Waals surface area contributed by atoms with Crippen LogP contribution in [0.15, 0.2) is 30.9 Å². The third-order valence-electron chi connectivity index (χ3n) is 4.88. The van der Waals surface area contributed by atoms with Crippen molar-refractivity contribution < 1.29 is 66.6 Å². The fourth-order valence-electron chi connectivity index (χ4n) is 3.51. The highest BCUT2D eigenvalue weighted by atomic mass is 28.4. The first-order valence-corrected chi connectivity index (χ1v) is 11.4. The molecule has 1 aromatic carbocycles. The summed E-state index contributed by atoms with van der Waals surface area (Å²) in [6.45, 7) is 4.35. The van der Waals surface area contributed by atoms with Crippen LogP contribution in [-0.4, -0.2) is 39.0 Å². The van der Waals surface area contributed by atoms with Gasteiger partial charge in [-0.3, -0.25) is 0 Å². The molecule has 1 aliphatic heterocycles. The van der Waals surface area contributed by atoms with E-state index in [9.17, 15) is 57.5 Å². The number of benzene rings is 1. The Morgan fingerprint density at radius 1 is 0.939 bits per heavy atom. The normalized spacial score (nSPS) is 18.6. The second-order valence-corrected chi connectivity index (χ2v) is 11.1. The van der Waals surface area contributed by atoms with Gasteiger partial charge in [0.25, 0.3) is 5.60 Å². The zero-order valence-corrected chi connectivity index (χ0v) is 17.3. The molecule has 0 aliphatic carbocycles. The SMILES string of the molecule is C=CC(=O)OC(c1ccc2c(c1)C(C(F)(F)F)(C(F)(F)F)O[Si]2(C)C)(C(F)(F)F)C(F)(F)F. The van der Waals surface area contributed by atoms with E-state index in [4.69, 9.17) is 0 Å². The third kappa shape index (κ3) is 3.79. The van der Waals surface area contributed by atoms with Gasteiger partial charge < -0.3 is 9.16 Å². The van der Waals surface area contributed by atoms with Crippen LogP contribution in [0.1, 0.15) is 11.1 Å². The lowest BCUT2D eigenvalue weighted by atomic mass is 9.85. The molecule has 0 amide bonds.